The molecule has 1 N–H and O–H groups in total. The largest absolute Gasteiger partial charge is 0.454 e. The zero-order valence-electron chi connectivity index (χ0n) is 11.1. The Hall–Kier alpha value is -2.56. The van der Waals surface area contributed by atoms with E-state index in [1.807, 2.05) is 25.1 Å². The summed E-state index contributed by atoms with van der Waals surface area (Å²) in [7, 11) is 0. The van der Waals surface area contributed by atoms with Gasteiger partial charge in [0.25, 0.3) is 5.91 Å². The van der Waals surface area contributed by atoms with E-state index in [0.29, 0.717) is 17.9 Å². The van der Waals surface area contributed by atoms with Crippen molar-refractivity contribution in [3.63, 3.8) is 0 Å². The molecular weight excluding hydrogens is 256 g/mol. The number of aryl methyl sites for hydroxylation is 1. The Balaban J connectivity index is 1.68. The van der Waals surface area contributed by atoms with Gasteiger partial charge in [0.1, 0.15) is 0 Å². The molecule has 5 heteroatoms. The third-order valence-electron chi connectivity index (χ3n) is 3.14. The lowest BCUT2D eigenvalue weighted by Crippen LogP contribution is -2.23. The maximum atomic E-state index is 12.1. The number of carbonyl (C=O) groups is 1. The van der Waals surface area contributed by atoms with E-state index in [-0.39, 0.29) is 12.7 Å². The van der Waals surface area contributed by atoms with E-state index >= 15 is 0 Å². The smallest absolute Gasteiger partial charge is 0.253 e. The molecule has 5 nitrogen and oxygen atoms in total. The Morgan fingerprint density at radius 2 is 2.15 bits per heavy atom. The lowest BCUT2D eigenvalue weighted by Gasteiger charge is -2.07. The van der Waals surface area contributed by atoms with Crippen LogP contribution in [-0.4, -0.2) is 17.7 Å². The number of ether oxygens (including phenoxy) is 2. The number of pyridine rings is 1. The molecule has 0 atom stereocenters. The summed E-state index contributed by atoms with van der Waals surface area (Å²) in [5, 5.41) is 2.87. The Morgan fingerprint density at radius 3 is 3.00 bits per heavy atom. The van der Waals surface area contributed by atoms with E-state index in [2.05, 4.69) is 10.3 Å². The molecule has 0 bridgehead atoms. The second kappa shape index (κ2) is 5.21. The molecule has 1 aliphatic rings. The Morgan fingerprint density at radius 1 is 1.30 bits per heavy atom. The molecule has 1 aromatic carbocycles. The van der Waals surface area contributed by atoms with Gasteiger partial charge in [0.15, 0.2) is 11.5 Å². The maximum absolute atomic E-state index is 12.1. The fourth-order valence-corrected chi connectivity index (χ4v) is 2.05. The van der Waals surface area contributed by atoms with Crippen molar-refractivity contribution in [3.8, 4) is 11.5 Å². The van der Waals surface area contributed by atoms with E-state index < -0.39 is 0 Å². The van der Waals surface area contributed by atoms with Crippen LogP contribution in [0.5, 0.6) is 11.5 Å². The molecule has 20 heavy (non-hydrogen) atoms. The van der Waals surface area contributed by atoms with Gasteiger partial charge in [0.2, 0.25) is 6.79 Å². The Labute approximate surface area is 116 Å². The predicted molar refractivity (Wildman–Crippen MR) is 72.7 cm³/mol. The summed E-state index contributed by atoms with van der Waals surface area (Å²) in [6.07, 6.45) is 1.67. The highest BCUT2D eigenvalue weighted by Gasteiger charge is 2.14. The van der Waals surface area contributed by atoms with Gasteiger partial charge in [0, 0.05) is 18.4 Å². The van der Waals surface area contributed by atoms with Gasteiger partial charge in [-0.05, 0) is 36.8 Å². The van der Waals surface area contributed by atoms with Crippen LogP contribution in [0.15, 0.2) is 36.5 Å². The summed E-state index contributed by atoms with van der Waals surface area (Å²) in [5.41, 5.74) is 2.27. The molecule has 0 spiro atoms. The van der Waals surface area contributed by atoms with Gasteiger partial charge in [-0.3, -0.25) is 9.78 Å². The molecule has 2 aromatic rings. The van der Waals surface area contributed by atoms with Crippen molar-refractivity contribution in [1.82, 2.24) is 10.3 Å². The molecule has 0 saturated heterocycles. The maximum Gasteiger partial charge on any atom is 0.253 e. The molecule has 1 amide bonds. The summed E-state index contributed by atoms with van der Waals surface area (Å²) >= 11 is 0. The molecule has 0 radical (unpaired) electrons. The average molecular weight is 270 g/mol. The van der Waals surface area contributed by atoms with E-state index in [9.17, 15) is 4.79 Å². The Bertz CT molecular complexity index is 655. The summed E-state index contributed by atoms with van der Waals surface area (Å²) in [6, 6.07) is 9.14. The molecule has 0 fully saturated rings. The van der Waals surface area contributed by atoms with Gasteiger partial charge >= 0.3 is 0 Å². The van der Waals surface area contributed by atoms with Crippen molar-refractivity contribution in [3.05, 3.63) is 53.3 Å². The van der Waals surface area contributed by atoms with Gasteiger partial charge in [-0.15, -0.1) is 0 Å². The molecule has 0 saturated carbocycles. The molecule has 0 unspecified atom stereocenters. The first kappa shape index (κ1) is 12.5. The molecule has 3 rings (SSSR count). The number of hydrogen-bond donors (Lipinski definition) is 1. The van der Waals surface area contributed by atoms with Crippen molar-refractivity contribution >= 4 is 5.91 Å². The molecule has 2 heterocycles. The average Bonchev–Trinajstić information content (AvgIpc) is 2.92. The van der Waals surface area contributed by atoms with Gasteiger partial charge in [0.05, 0.1) is 5.56 Å². The summed E-state index contributed by atoms with van der Waals surface area (Å²) in [4.78, 5) is 16.2. The first-order chi connectivity index (χ1) is 9.74. The highest BCUT2D eigenvalue weighted by molar-refractivity contribution is 5.95. The minimum atomic E-state index is -0.131. The normalized spacial score (nSPS) is 12.2. The summed E-state index contributed by atoms with van der Waals surface area (Å²) < 4.78 is 10.6. The van der Waals surface area contributed by atoms with Crippen LogP contribution in [0.2, 0.25) is 0 Å². The van der Waals surface area contributed by atoms with Gasteiger partial charge < -0.3 is 14.8 Å². The van der Waals surface area contributed by atoms with Crippen LogP contribution >= 0.6 is 0 Å². The van der Waals surface area contributed by atoms with Crippen LogP contribution in [0.4, 0.5) is 0 Å². The van der Waals surface area contributed by atoms with Crippen LogP contribution in [0.25, 0.3) is 0 Å². The predicted octanol–water partition coefficient (Wildman–Crippen LogP) is 2.05. The van der Waals surface area contributed by atoms with Crippen LogP contribution in [0.3, 0.4) is 0 Å². The van der Waals surface area contributed by atoms with Gasteiger partial charge in [-0.25, -0.2) is 0 Å². The lowest BCUT2D eigenvalue weighted by atomic mass is 10.1. The number of nitrogens with zero attached hydrogens (tertiary/aromatic N) is 1. The van der Waals surface area contributed by atoms with E-state index in [4.69, 9.17) is 9.47 Å². The van der Waals surface area contributed by atoms with E-state index in [0.717, 1.165) is 17.0 Å². The molecule has 1 aliphatic heterocycles. The van der Waals surface area contributed by atoms with E-state index in [1.54, 1.807) is 18.3 Å². The van der Waals surface area contributed by atoms with Crippen LogP contribution in [0, 0.1) is 6.92 Å². The fraction of sp³-hybridized carbons (Fsp3) is 0.200. The number of hydrogen-bond acceptors (Lipinski definition) is 4. The van der Waals surface area contributed by atoms with Crippen molar-refractivity contribution in [2.24, 2.45) is 0 Å². The third-order valence-corrected chi connectivity index (χ3v) is 3.14. The lowest BCUT2D eigenvalue weighted by molar-refractivity contribution is 0.0950. The number of amides is 1. The fourth-order valence-electron chi connectivity index (χ4n) is 2.05. The molecular formula is C15H14N2O3. The first-order valence-corrected chi connectivity index (χ1v) is 6.32. The van der Waals surface area contributed by atoms with Crippen molar-refractivity contribution in [2.45, 2.75) is 13.5 Å². The van der Waals surface area contributed by atoms with Crippen molar-refractivity contribution in [2.75, 3.05) is 6.79 Å². The van der Waals surface area contributed by atoms with Crippen LogP contribution in [-0.2, 0) is 6.54 Å². The second-order valence-electron chi connectivity index (χ2n) is 4.51. The highest BCUT2D eigenvalue weighted by atomic mass is 16.7. The van der Waals surface area contributed by atoms with Gasteiger partial charge in [-0.1, -0.05) is 6.07 Å². The molecule has 0 aliphatic carbocycles. The topological polar surface area (TPSA) is 60.5 Å². The number of carbonyl (C=O) groups excluding carboxylic acids is 1. The van der Waals surface area contributed by atoms with Crippen LogP contribution < -0.4 is 14.8 Å². The number of benzene rings is 1. The number of aromatic nitrogens is 1. The number of nitrogens with one attached hydrogen (secondary N) is 1. The van der Waals surface area contributed by atoms with Gasteiger partial charge in [-0.2, -0.15) is 0 Å². The second-order valence-corrected chi connectivity index (χ2v) is 4.51. The van der Waals surface area contributed by atoms with Crippen molar-refractivity contribution in [1.29, 1.82) is 0 Å². The quantitative estimate of drug-likeness (QED) is 0.927. The first-order valence-electron chi connectivity index (χ1n) is 6.32. The Kier molecular flexibility index (Phi) is 3.25. The highest BCUT2D eigenvalue weighted by Crippen LogP contribution is 2.32. The van der Waals surface area contributed by atoms with Crippen molar-refractivity contribution < 1.29 is 14.3 Å². The van der Waals surface area contributed by atoms with Crippen LogP contribution in [0.1, 0.15) is 21.6 Å². The minimum absolute atomic E-state index is 0.131. The third kappa shape index (κ3) is 2.42. The van der Waals surface area contributed by atoms with E-state index in [1.165, 1.54) is 0 Å². The summed E-state index contributed by atoms with van der Waals surface area (Å²) in [5.74, 6) is 1.32. The molecule has 102 valence electrons. The standard InChI is InChI=1S/C15H14N2O3/c1-10-12(3-2-6-16-10)15(18)17-8-11-4-5-13-14(7-11)20-9-19-13/h2-7H,8-9H2,1H3,(H,17,18). The molecule has 1 aromatic heterocycles. The monoisotopic (exact) mass is 270 g/mol. The zero-order chi connectivity index (χ0) is 13.9. The number of rotatable bonds is 3. The number of fused-ring (bicyclic) bond motifs is 1. The minimum Gasteiger partial charge on any atom is -0.454 e. The summed E-state index contributed by atoms with van der Waals surface area (Å²) in [6.45, 7) is 2.50. The SMILES string of the molecule is Cc1ncccc1C(=O)NCc1ccc2c(c1)OCO2. The zero-order valence-corrected chi connectivity index (χ0v) is 11.1.